The molecule has 0 spiro atoms. The van der Waals surface area contributed by atoms with Gasteiger partial charge in [-0.1, -0.05) is 12.2 Å². The third kappa shape index (κ3) is 3.06. The SMILES string of the molecule is Nc1ncc(C=CCCS)cc1F. The molecule has 0 aliphatic carbocycles. The monoisotopic (exact) mass is 198 g/mol. The van der Waals surface area contributed by atoms with E-state index in [9.17, 15) is 4.39 Å². The van der Waals surface area contributed by atoms with E-state index < -0.39 is 5.82 Å². The molecule has 1 aromatic rings. The first-order valence-electron chi connectivity index (χ1n) is 3.92. The van der Waals surface area contributed by atoms with Crippen molar-refractivity contribution in [2.75, 3.05) is 11.5 Å². The molecule has 1 aromatic heterocycles. The first kappa shape index (κ1) is 10.1. The molecule has 0 saturated carbocycles. The maximum atomic E-state index is 12.9. The number of rotatable bonds is 3. The quantitative estimate of drug-likeness (QED) is 0.730. The first-order chi connectivity index (χ1) is 6.24. The molecule has 0 aromatic carbocycles. The van der Waals surface area contributed by atoms with Crippen molar-refractivity contribution in [2.24, 2.45) is 0 Å². The lowest BCUT2D eigenvalue weighted by Crippen LogP contribution is -1.94. The smallest absolute Gasteiger partial charge is 0.165 e. The van der Waals surface area contributed by atoms with E-state index in [1.165, 1.54) is 12.3 Å². The van der Waals surface area contributed by atoms with Crippen molar-refractivity contribution in [1.29, 1.82) is 0 Å². The molecule has 0 aliphatic heterocycles. The fourth-order valence-corrected chi connectivity index (χ4v) is 0.997. The van der Waals surface area contributed by atoms with Gasteiger partial charge in [-0.3, -0.25) is 0 Å². The Morgan fingerprint density at radius 1 is 1.62 bits per heavy atom. The molecule has 2 nitrogen and oxygen atoms in total. The summed E-state index contributed by atoms with van der Waals surface area (Å²) in [6, 6.07) is 1.36. The van der Waals surface area contributed by atoms with Gasteiger partial charge in [-0.2, -0.15) is 12.6 Å². The summed E-state index contributed by atoms with van der Waals surface area (Å²) in [6.07, 6.45) is 6.11. The summed E-state index contributed by atoms with van der Waals surface area (Å²) in [5, 5.41) is 0. The topological polar surface area (TPSA) is 38.9 Å². The number of allylic oxidation sites excluding steroid dienone is 1. The Balaban J connectivity index is 2.73. The molecule has 4 heteroatoms. The van der Waals surface area contributed by atoms with Crippen molar-refractivity contribution < 1.29 is 4.39 Å². The highest BCUT2D eigenvalue weighted by Gasteiger charge is 1.97. The van der Waals surface area contributed by atoms with Crippen LogP contribution in [0.5, 0.6) is 0 Å². The molecular weight excluding hydrogens is 187 g/mol. The molecule has 0 amide bonds. The first-order valence-corrected chi connectivity index (χ1v) is 4.55. The summed E-state index contributed by atoms with van der Waals surface area (Å²) in [6.45, 7) is 0. The van der Waals surface area contributed by atoms with Crippen LogP contribution in [0.1, 0.15) is 12.0 Å². The number of pyridine rings is 1. The highest BCUT2D eigenvalue weighted by Crippen LogP contribution is 2.09. The Labute approximate surface area is 82.1 Å². The van der Waals surface area contributed by atoms with Crippen LogP contribution in [0.4, 0.5) is 10.2 Å². The summed E-state index contributed by atoms with van der Waals surface area (Å²) < 4.78 is 12.9. The molecule has 0 saturated heterocycles. The number of halogens is 1. The van der Waals surface area contributed by atoms with Crippen LogP contribution in [-0.4, -0.2) is 10.7 Å². The lowest BCUT2D eigenvalue weighted by Gasteiger charge is -1.96. The summed E-state index contributed by atoms with van der Waals surface area (Å²) in [5.74, 6) is 0.237. The van der Waals surface area contributed by atoms with E-state index in [0.29, 0.717) is 5.56 Å². The fraction of sp³-hybridized carbons (Fsp3) is 0.222. The van der Waals surface area contributed by atoms with Crippen molar-refractivity contribution in [3.8, 4) is 0 Å². The van der Waals surface area contributed by atoms with Gasteiger partial charge in [0.25, 0.3) is 0 Å². The van der Waals surface area contributed by atoms with E-state index >= 15 is 0 Å². The fourth-order valence-electron chi connectivity index (χ4n) is 0.848. The molecule has 13 heavy (non-hydrogen) atoms. The zero-order valence-electron chi connectivity index (χ0n) is 7.07. The molecule has 2 N–H and O–H groups in total. The summed E-state index contributed by atoms with van der Waals surface area (Å²) in [4.78, 5) is 3.69. The highest BCUT2D eigenvalue weighted by molar-refractivity contribution is 7.80. The van der Waals surface area contributed by atoms with Gasteiger partial charge in [-0.25, -0.2) is 9.37 Å². The Morgan fingerprint density at radius 3 is 3.00 bits per heavy atom. The largest absolute Gasteiger partial charge is 0.381 e. The molecular formula is C9H11FN2S. The summed E-state index contributed by atoms with van der Waals surface area (Å²) >= 11 is 4.04. The van der Waals surface area contributed by atoms with E-state index in [1.54, 1.807) is 6.08 Å². The molecule has 1 heterocycles. The minimum atomic E-state index is -0.479. The van der Waals surface area contributed by atoms with Crippen molar-refractivity contribution in [2.45, 2.75) is 6.42 Å². The van der Waals surface area contributed by atoms with Crippen molar-refractivity contribution in [3.05, 3.63) is 29.7 Å². The van der Waals surface area contributed by atoms with Gasteiger partial charge in [-0.05, 0) is 23.8 Å². The average molecular weight is 198 g/mol. The van der Waals surface area contributed by atoms with Crippen LogP contribution in [0.25, 0.3) is 6.08 Å². The van der Waals surface area contributed by atoms with Crippen LogP contribution < -0.4 is 5.73 Å². The second-order valence-electron chi connectivity index (χ2n) is 2.55. The van der Waals surface area contributed by atoms with Crippen molar-refractivity contribution >= 4 is 24.5 Å². The predicted molar refractivity (Wildman–Crippen MR) is 56.1 cm³/mol. The van der Waals surface area contributed by atoms with E-state index in [4.69, 9.17) is 5.73 Å². The van der Waals surface area contributed by atoms with Gasteiger partial charge in [0.05, 0.1) is 0 Å². The Bertz CT molecular complexity index is 312. The second kappa shape index (κ2) is 4.87. The minimum Gasteiger partial charge on any atom is -0.381 e. The molecule has 0 fully saturated rings. The van der Waals surface area contributed by atoms with E-state index in [-0.39, 0.29) is 5.82 Å². The number of hydrogen-bond acceptors (Lipinski definition) is 3. The number of hydrogen-bond donors (Lipinski definition) is 2. The third-order valence-corrected chi connectivity index (χ3v) is 1.76. The van der Waals surface area contributed by atoms with E-state index in [1.807, 2.05) is 6.08 Å². The normalized spacial score (nSPS) is 10.9. The van der Waals surface area contributed by atoms with Gasteiger partial charge in [0, 0.05) is 6.20 Å². The number of thiol groups is 1. The number of aromatic nitrogens is 1. The van der Waals surface area contributed by atoms with E-state index in [2.05, 4.69) is 17.6 Å². The molecule has 70 valence electrons. The van der Waals surface area contributed by atoms with Crippen LogP contribution in [0.3, 0.4) is 0 Å². The van der Waals surface area contributed by atoms with Gasteiger partial charge < -0.3 is 5.73 Å². The zero-order valence-corrected chi connectivity index (χ0v) is 7.97. The van der Waals surface area contributed by atoms with Crippen molar-refractivity contribution in [3.63, 3.8) is 0 Å². The van der Waals surface area contributed by atoms with Crippen LogP contribution in [-0.2, 0) is 0 Å². The zero-order chi connectivity index (χ0) is 9.68. The van der Waals surface area contributed by atoms with Crippen LogP contribution >= 0.6 is 12.6 Å². The van der Waals surface area contributed by atoms with Crippen LogP contribution in [0, 0.1) is 5.82 Å². The minimum absolute atomic E-state index is 0.0636. The van der Waals surface area contributed by atoms with Gasteiger partial charge in [-0.15, -0.1) is 0 Å². The molecule has 1 rings (SSSR count). The van der Waals surface area contributed by atoms with Crippen molar-refractivity contribution in [1.82, 2.24) is 4.98 Å². The molecule has 0 unspecified atom stereocenters. The molecule has 0 aliphatic rings. The van der Waals surface area contributed by atoms with Gasteiger partial charge in [0.1, 0.15) is 0 Å². The molecule has 0 radical (unpaired) electrons. The number of nitrogen functional groups attached to an aromatic ring is 1. The summed E-state index contributed by atoms with van der Waals surface area (Å²) in [7, 11) is 0. The van der Waals surface area contributed by atoms with Gasteiger partial charge >= 0.3 is 0 Å². The maximum Gasteiger partial charge on any atom is 0.165 e. The number of anilines is 1. The lowest BCUT2D eigenvalue weighted by molar-refractivity contribution is 0.627. The second-order valence-corrected chi connectivity index (χ2v) is 3.00. The van der Waals surface area contributed by atoms with Crippen LogP contribution in [0.15, 0.2) is 18.3 Å². The summed E-state index contributed by atoms with van der Waals surface area (Å²) in [5.41, 5.74) is 5.94. The standard InChI is InChI=1S/C9H11FN2S/c10-8-5-7(3-1-2-4-13)6-12-9(8)11/h1,3,5-6,13H,2,4H2,(H2,11,12). The Morgan fingerprint density at radius 2 is 2.38 bits per heavy atom. The number of nitrogens with two attached hydrogens (primary N) is 1. The maximum absolute atomic E-state index is 12.9. The van der Waals surface area contributed by atoms with Crippen LogP contribution in [0.2, 0.25) is 0 Å². The van der Waals surface area contributed by atoms with Gasteiger partial charge in [0.15, 0.2) is 11.6 Å². The Kier molecular flexibility index (Phi) is 3.76. The average Bonchev–Trinajstić information content (AvgIpc) is 2.12. The Hall–Kier alpha value is -1.03. The molecule has 0 bridgehead atoms. The molecule has 0 atom stereocenters. The predicted octanol–water partition coefficient (Wildman–Crippen LogP) is 2.14. The van der Waals surface area contributed by atoms with E-state index in [0.717, 1.165) is 12.2 Å². The van der Waals surface area contributed by atoms with Gasteiger partial charge in [0.2, 0.25) is 0 Å². The third-order valence-electron chi connectivity index (χ3n) is 1.50. The highest BCUT2D eigenvalue weighted by atomic mass is 32.1. The number of nitrogens with zero attached hydrogens (tertiary/aromatic N) is 1. The lowest BCUT2D eigenvalue weighted by atomic mass is 10.2.